The molecule has 10 heteroatoms. The predicted octanol–water partition coefficient (Wildman–Crippen LogP) is -0.667. The lowest BCUT2D eigenvalue weighted by Crippen LogP contribution is -2.56. The summed E-state index contributed by atoms with van der Waals surface area (Å²) in [5.74, 6) is 0. The second kappa shape index (κ2) is 15.6. The smallest absolute Gasteiger partial charge is 0.379 e. The lowest BCUT2D eigenvalue weighted by Gasteiger charge is -2.26. The molecule has 1 aromatic carbocycles. The Hall–Kier alpha value is -0.666. The van der Waals surface area contributed by atoms with Crippen molar-refractivity contribution in [2.45, 2.75) is 0 Å². The van der Waals surface area contributed by atoms with Crippen LogP contribution in [0.15, 0.2) is 30.3 Å². The van der Waals surface area contributed by atoms with Gasteiger partial charge in [-0.1, -0.05) is 30.3 Å². The van der Waals surface area contributed by atoms with E-state index in [1.165, 1.54) is 0 Å². The van der Waals surface area contributed by atoms with Gasteiger partial charge in [0.15, 0.2) is 0 Å². The van der Waals surface area contributed by atoms with E-state index in [4.69, 9.17) is 32.3 Å². The predicted molar refractivity (Wildman–Crippen MR) is 102 cm³/mol. The molecule has 0 aliphatic rings. The zero-order valence-corrected chi connectivity index (χ0v) is 18.0. The standard InChI is InChI=1S/C12H22N2O3Si.C3H10O3Si/c1-15-18(16-2,12-6-4-3-5-7-12)17-11-10-14-9-8-13;1-4-7(5-2)6-3/h3-7,14H,8-11,13H2,1-2H3;7H,1-3H3. The third-order valence-corrected chi connectivity index (χ3v) is 6.99. The Kier molecular flexibility index (Phi) is 15.2. The van der Waals surface area contributed by atoms with Crippen molar-refractivity contribution in [1.82, 2.24) is 5.32 Å². The van der Waals surface area contributed by atoms with Crippen LogP contribution < -0.4 is 16.2 Å². The zero-order chi connectivity index (χ0) is 19.0. The second-order valence-corrected chi connectivity index (χ2v) is 9.50. The average molecular weight is 393 g/mol. The molecule has 0 aliphatic carbocycles. The summed E-state index contributed by atoms with van der Waals surface area (Å²) in [6.45, 7) is 2.66. The van der Waals surface area contributed by atoms with E-state index >= 15 is 0 Å². The van der Waals surface area contributed by atoms with E-state index in [2.05, 4.69) is 5.32 Å². The van der Waals surface area contributed by atoms with Gasteiger partial charge in [-0.05, 0) is 0 Å². The Labute approximate surface area is 153 Å². The molecule has 0 atom stereocenters. The summed E-state index contributed by atoms with van der Waals surface area (Å²) in [5.41, 5.74) is 5.40. The van der Waals surface area contributed by atoms with Crippen molar-refractivity contribution in [2.75, 3.05) is 61.8 Å². The summed E-state index contributed by atoms with van der Waals surface area (Å²) in [6, 6.07) is 9.78. The molecule has 0 unspecified atom stereocenters. The summed E-state index contributed by atoms with van der Waals surface area (Å²) in [7, 11) is 3.54. The van der Waals surface area contributed by atoms with Gasteiger partial charge in [0.25, 0.3) is 0 Å². The summed E-state index contributed by atoms with van der Waals surface area (Å²) >= 11 is 0. The first-order valence-corrected chi connectivity index (χ1v) is 11.1. The lowest BCUT2D eigenvalue weighted by atomic mass is 10.4. The first-order chi connectivity index (χ1) is 12.1. The van der Waals surface area contributed by atoms with Gasteiger partial charge in [-0.15, -0.1) is 0 Å². The minimum atomic E-state index is -2.75. The zero-order valence-electron chi connectivity index (χ0n) is 15.8. The van der Waals surface area contributed by atoms with Crippen LogP contribution in [0.2, 0.25) is 0 Å². The van der Waals surface area contributed by atoms with Crippen LogP contribution in [0.1, 0.15) is 0 Å². The molecule has 0 aliphatic heterocycles. The lowest BCUT2D eigenvalue weighted by molar-refractivity contribution is 0.114. The van der Waals surface area contributed by atoms with Gasteiger partial charge in [0.05, 0.1) is 6.61 Å². The highest BCUT2D eigenvalue weighted by atomic mass is 28.4. The number of benzene rings is 1. The van der Waals surface area contributed by atoms with E-state index in [1.807, 2.05) is 30.3 Å². The molecule has 0 spiro atoms. The third-order valence-electron chi connectivity index (χ3n) is 3.13. The highest BCUT2D eigenvalue weighted by molar-refractivity contribution is 6.75. The van der Waals surface area contributed by atoms with Crippen molar-refractivity contribution < 1.29 is 26.6 Å². The molecule has 1 aromatic rings. The van der Waals surface area contributed by atoms with Crippen LogP contribution in [0.4, 0.5) is 0 Å². The number of hydrogen-bond acceptors (Lipinski definition) is 8. The summed E-state index contributed by atoms with van der Waals surface area (Å²) in [5, 5.41) is 4.13. The van der Waals surface area contributed by atoms with Crippen molar-refractivity contribution in [1.29, 1.82) is 0 Å². The molecule has 0 aromatic heterocycles. The van der Waals surface area contributed by atoms with Crippen LogP contribution >= 0.6 is 0 Å². The van der Waals surface area contributed by atoms with Crippen LogP contribution in [0.3, 0.4) is 0 Å². The minimum Gasteiger partial charge on any atom is -0.379 e. The average Bonchev–Trinajstić information content (AvgIpc) is 2.68. The largest absolute Gasteiger partial charge is 0.536 e. The molecule has 0 amide bonds. The first kappa shape index (κ1) is 24.3. The third kappa shape index (κ3) is 9.56. The summed E-state index contributed by atoms with van der Waals surface area (Å²) < 4.78 is 31.1. The monoisotopic (exact) mass is 392 g/mol. The molecule has 0 heterocycles. The molecular formula is C15H32N2O6Si2. The fourth-order valence-electron chi connectivity index (χ4n) is 1.94. The molecule has 146 valence electrons. The molecule has 8 nitrogen and oxygen atoms in total. The summed E-state index contributed by atoms with van der Waals surface area (Å²) in [4.78, 5) is 0. The van der Waals surface area contributed by atoms with Gasteiger partial charge in [-0.25, -0.2) is 0 Å². The number of nitrogens with one attached hydrogen (secondary N) is 1. The molecule has 0 radical (unpaired) electrons. The SMILES string of the molecule is CO[SiH](OC)OC.CO[Si](OC)(OCCNCCN)c1ccccc1. The Bertz CT molecular complexity index is 403. The molecule has 1 rings (SSSR count). The Morgan fingerprint density at radius 3 is 1.88 bits per heavy atom. The van der Waals surface area contributed by atoms with E-state index in [-0.39, 0.29) is 0 Å². The molecule has 0 bridgehead atoms. The number of nitrogens with two attached hydrogens (primary N) is 1. The van der Waals surface area contributed by atoms with Crippen molar-refractivity contribution in [3.8, 4) is 0 Å². The first-order valence-electron chi connectivity index (χ1n) is 7.93. The molecule has 0 saturated heterocycles. The van der Waals surface area contributed by atoms with Gasteiger partial charge in [0.1, 0.15) is 0 Å². The van der Waals surface area contributed by atoms with Crippen molar-refractivity contribution in [2.24, 2.45) is 5.73 Å². The van der Waals surface area contributed by atoms with Crippen LogP contribution in [0, 0.1) is 0 Å². The van der Waals surface area contributed by atoms with Crippen molar-refractivity contribution in [3.05, 3.63) is 30.3 Å². The topological polar surface area (TPSA) is 93.4 Å². The van der Waals surface area contributed by atoms with Gasteiger partial charge < -0.3 is 37.6 Å². The number of rotatable bonds is 12. The van der Waals surface area contributed by atoms with Crippen LogP contribution in [0.25, 0.3) is 0 Å². The normalized spacial score (nSPS) is 11.3. The van der Waals surface area contributed by atoms with Gasteiger partial charge in [-0.3, -0.25) is 0 Å². The maximum Gasteiger partial charge on any atom is 0.536 e. The molecule has 0 fully saturated rings. The van der Waals surface area contributed by atoms with Crippen molar-refractivity contribution in [3.63, 3.8) is 0 Å². The fourth-order valence-corrected chi connectivity index (χ4v) is 4.53. The maximum absolute atomic E-state index is 5.85. The van der Waals surface area contributed by atoms with E-state index in [0.717, 1.165) is 18.3 Å². The van der Waals surface area contributed by atoms with E-state index in [0.29, 0.717) is 13.2 Å². The van der Waals surface area contributed by atoms with E-state index in [1.54, 1.807) is 35.5 Å². The molecule has 3 N–H and O–H groups in total. The Morgan fingerprint density at radius 1 is 0.920 bits per heavy atom. The van der Waals surface area contributed by atoms with Crippen molar-refractivity contribution >= 4 is 23.5 Å². The van der Waals surface area contributed by atoms with Gasteiger partial charge in [0.2, 0.25) is 0 Å². The molecule has 0 saturated carbocycles. The Balaban J connectivity index is 0.000000697. The highest BCUT2D eigenvalue weighted by Gasteiger charge is 2.41. The summed E-state index contributed by atoms with van der Waals surface area (Å²) in [6.07, 6.45) is 0. The van der Waals surface area contributed by atoms with Crippen LogP contribution in [-0.2, 0) is 26.6 Å². The van der Waals surface area contributed by atoms with E-state index < -0.39 is 18.3 Å². The van der Waals surface area contributed by atoms with Crippen LogP contribution in [-0.4, -0.2) is 80.1 Å². The minimum absolute atomic E-state index is 0.531. The highest BCUT2D eigenvalue weighted by Crippen LogP contribution is 2.07. The Morgan fingerprint density at radius 2 is 1.48 bits per heavy atom. The number of hydrogen-bond donors (Lipinski definition) is 2. The van der Waals surface area contributed by atoms with E-state index in [9.17, 15) is 0 Å². The van der Waals surface area contributed by atoms with Gasteiger partial charge >= 0.3 is 18.3 Å². The van der Waals surface area contributed by atoms with Gasteiger partial charge in [0, 0.05) is 60.4 Å². The van der Waals surface area contributed by atoms with Gasteiger partial charge in [-0.2, -0.15) is 0 Å². The fraction of sp³-hybridized carbons (Fsp3) is 0.600. The van der Waals surface area contributed by atoms with Crippen LogP contribution in [0.5, 0.6) is 0 Å². The quantitative estimate of drug-likeness (QED) is 0.357. The maximum atomic E-state index is 5.85. The molecular weight excluding hydrogens is 360 g/mol. The molecule has 25 heavy (non-hydrogen) atoms. The second-order valence-electron chi connectivity index (χ2n) is 4.71.